The summed E-state index contributed by atoms with van der Waals surface area (Å²) in [7, 11) is -2.96. The summed E-state index contributed by atoms with van der Waals surface area (Å²) >= 11 is 0. The number of carbonyl (C=O) groups excluding carboxylic acids is 1. The van der Waals surface area contributed by atoms with Crippen molar-refractivity contribution >= 4 is 15.9 Å². The van der Waals surface area contributed by atoms with Crippen LogP contribution >= 0.6 is 0 Å². The van der Waals surface area contributed by atoms with Crippen molar-refractivity contribution in [2.45, 2.75) is 19.4 Å². The Morgan fingerprint density at radius 1 is 1.62 bits per heavy atom. The van der Waals surface area contributed by atoms with Crippen LogP contribution in [0.4, 0.5) is 4.79 Å². The molecule has 0 aromatic rings. The van der Waals surface area contributed by atoms with Crippen molar-refractivity contribution in [3.8, 4) is 12.3 Å². The van der Waals surface area contributed by atoms with Gasteiger partial charge in [-0.1, -0.05) is 5.92 Å². The highest BCUT2D eigenvalue weighted by Gasteiger charge is 2.29. The Morgan fingerprint density at radius 3 is 2.75 bits per heavy atom. The lowest BCUT2D eigenvalue weighted by Gasteiger charge is -2.21. The Bertz CT molecular complexity index is 397. The SMILES string of the molecule is C#CCN(CC)C(=O)N[C@H]1CCS(=O)(=O)C1. The highest BCUT2D eigenvalue weighted by Crippen LogP contribution is 2.11. The van der Waals surface area contributed by atoms with Gasteiger partial charge in [0.05, 0.1) is 18.1 Å². The van der Waals surface area contributed by atoms with Crippen molar-refractivity contribution in [2.24, 2.45) is 0 Å². The molecule has 1 fully saturated rings. The van der Waals surface area contributed by atoms with Crippen LogP contribution in [0.15, 0.2) is 0 Å². The van der Waals surface area contributed by atoms with Gasteiger partial charge >= 0.3 is 6.03 Å². The molecule has 1 heterocycles. The van der Waals surface area contributed by atoms with E-state index in [1.165, 1.54) is 4.90 Å². The van der Waals surface area contributed by atoms with Crippen molar-refractivity contribution in [3.05, 3.63) is 0 Å². The molecule has 5 nitrogen and oxygen atoms in total. The minimum Gasteiger partial charge on any atom is -0.334 e. The highest BCUT2D eigenvalue weighted by molar-refractivity contribution is 7.91. The Kier molecular flexibility index (Phi) is 4.19. The third kappa shape index (κ3) is 3.42. The van der Waals surface area contributed by atoms with Crippen LogP contribution in [0.25, 0.3) is 0 Å². The lowest BCUT2D eigenvalue weighted by Crippen LogP contribution is -2.45. The first-order valence-corrected chi connectivity index (χ1v) is 7.00. The van der Waals surface area contributed by atoms with Gasteiger partial charge in [-0.15, -0.1) is 6.42 Å². The molecule has 0 radical (unpaired) electrons. The highest BCUT2D eigenvalue weighted by atomic mass is 32.2. The van der Waals surface area contributed by atoms with E-state index >= 15 is 0 Å². The van der Waals surface area contributed by atoms with Crippen molar-refractivity contribution in [1.82, 2.24) is 10.2 Å². The molecule has 6 heteroatoms. The van der Waals surface area contributed by atoms with Gasteiger partial charge in [0, 0.05) is 12.6 Å². The molecule has 0 saturated carbocycles. The second-order valence-electron chi connectivity index (χ2n) is 3.77. The number of nitrogens with one attached hydrogen (secondary N) is 1. The summed E-state index contributed by atoms with van der Waals surface area (Å²) in [5.74, 6) is 2.57. The first kappa shape index (κ1) is 12.8. The molecule has 16 heavy (non-hydrogen) atoms. The molecule has 1 atom stereocenters. The first-order chi connectivity index (χ1) is 7.48. The molecule has 0 unspecified atom stereocenters. The fourth-order valence-electron chi connectivity index (χ4n) is 1.61. The van der Waals surface area contributed by atoms with E-state index in [4.69, 9.17) is 6.42 Å². The zero-order chi connectivity index (χ0) is 12.2. The summed E-state index contributed by atoms with van der Waals surface area (Å²) in [6, 6.07) is -0.563. The van der Waals surface area contributed by atoms with Crippen molar-refractivity contribution in [3.63, 3.8) is 0 Å². The van der Waals surface area contributed by atoms with E-state index in [1.807, 2.05) is 6.92 Å². The molecule has 1 rings (SSSR count). The largest absolute Gasteiger partial charge is 0.334 e. The Morgan fingerprint density at radius 2 is 2.31 bits per heavy atom. The van der Waals surface area contributed by atoms with E-state index in [-0.39, 0.29) is 30.1 Å². The van der Waals surface area contributed by atoms with Gasteiger partial charge in [-0.2, -0.15) is 0 Å². The van der Waals surface area contributed by atoms with Crippen LogP contribution in [0.3, 0.4) is 0 Å². The third-order valence-electron chi connectivity index (χ3n) is 2.51. The van der Waals surface area contributed by atoms with Gasteiger partial charge in [0.25, 0.3) is 0 Å². The molecule has 1 aliphatic heterocycles. The smallest absolute Gasteiger partial charge is 0.318 e. The molecular formula is C10H16N2O3S. The third-order valence-corrected chi connectivity index (χ3v) is 4.28. The molecule has 1 aliphatic rings. The molecule has 0 aliphatic carbocycles. The molecule has 2 amide bonds. The molecule has 0 aromatic heterocycles. The van der Waals surface area contributed by atoms with Crippen LogP contribution in [0, 0.1) is 12.3 Å². The van der Waals surface area contributed by atoms with Gasteiger partial charge in [0.1, 0.15) is 0 Å². The van der Waals surface area contributed by atoms with E-state index < -0.39 is 9.84 Å². The van der Waals surface area contributed by atoms with Gasteiger partial charge in [-0.3, -0.25) is 0 Å². The maximum atomic E-state index is 11.7. The summed E-state index contributed by atoms with van der Waals surface area (Å²) in [4.78, 5) is 13.1. The Balaban J connectivity index is 2.49. The topological polar surface area (TPSA) is 66.5 Å². The number of nitrogens with zero attached hydrogens (tertiary/aromatic N) is 1. The van der Waals surface area contributed by atoms with Gasteiger partial charge in [-0.25, -0.2) is 13.2 Å². The molecule has 1 saturated heterocycles. The normalized spacial score (nSPS) is 22.4. The van der Waals surface area contributed by atoms with Crippen LogP contribution < -0.4 is 5.32 Å². The summed E-state index contributed by atoms with van der Waals surface area (Å²) in [5, 5.41) is 2.68. The van der Waals surface area contributed by atoms with E-state index in [1.54, 1.807) is 0 Å². The van der Waals surface area contributed by atoms with Gasteiger partial charge < -0.3 is 10.2 Å². The van der Waals surface area contributed by atoms with Crippen molar-refractivity contribution < 1.29 is 13.2 Å². The van der Waals surface area contributed by atoms with Crippen LogP contribution in [0.5, 0.6) is 0 Å². The number of amides is 2. The second kappa shape index (κ2) is 5.21. The van der Waals surface area contributed by atoms with Crippen LogP contribution in [-0.2, 0) is 9.84 Å². The molecule has 0 spiro atoms. The lowest BCUT2D eigenvalue weighted by molar-refractivity contribution is 0.203. The van der Waals surface area contributed by atoms with Gasteiger partial charge in [0.2, 0.25) is 0 Å². The van der Waals surface area contributed by atoms with E-state index in [0.717, 1.165) is 0 Å². The van der Waals surface area contributed by atoms with Crippen LogP contribution in [-0.4, -0.2) is 50.0 Å². The lowest BCUT2D eigenvalue weighted by atomic mass is 10.3. The zero-order valence-corrected chi connectivity index (χ0v) is 10.1. The number of hydrogen-bond acceptors (Lipinski definition) is 3. The average Bonchev–Trinajstić information content (AvgIpc) is 2.54. The number of hydrogen-bond donors (Lipinski definition) is 1. The number of rotatable bonds is 3. The molecule has 90 valence electrons. The quantitative estimate of drug-likeness (QED) is 0.701. The maximum absolute atomic E-state index is 11.7. The molecule has 0 aromatic carbocycles. The molecule has 1 N–H and O–H groups in total. The number of urea groups is 1. The predicted molar refractivity (Wildman–Crippen MR) is 61.7 cm³/mol. The monoisotopic (exact) mass is 244 g/mol. The van der Waals surface area contributed by atoms with Crippen LogP contribution in [0.1, 0.15) is 13.3 Å². The van der Waals surface area contributed by atoms with E-state index in [9.17, 15) is 13.2 Å². The molecular weight excluding hydrogens is 228 g/mol. The standard InChI is InChI=1S/C10H16N2O3S/c1-3-6-12(4-2)10(13)11-9-5-7-16(14,15)8-9/h1,9H,4-8H2,2H3,(H,11,13)/t9-/m0/s1. The Labute approximate surface area is 96.1 Å². The predicted octanol–water partition coefficient (Wildman–Crippen LogP) is -0.162. The second-order valence-corrected chi connectivity index (χ2v) is 6.00. The number of sulfone groups is 1. The first-order valence-electron chi connectivity index (χ1n) is 5.18. The summed E-state index contributed by atoms with van der Waals surface area (Å²) in [6.07, 6.45) is 5.61. The van der Waals surface area contributed by atoms with Crippen molar-refractivity contribution in [1.29, 1.82) is 0 Å². The zero-order valence-electron chi connectivity index (χ0n) is 9.27. The minimum absolute atomic E-state index is 0.0341. The fraction of sp³-hybridized carbons (Fsp3) is 0.700. The van der Waals surface area contributed by atoms with Gasteiger partial charge in [-0.05, 0) is 13.3 Å². The number of carbonyl (C=O) groups is 1. The molecule has 0 bridgehead atoms. The van der Waals surface area contributed by atoms with E-state index in [2.05, 4.69) is 11.2 Å². The van der Waals surface area contributed by atoms with Gasteiger partial charge in [0.15, 0.2) is 9.84 Å². The summed E-state index contributed by atoms with van der Waals surface area (Å²) < 4.78 is 22.4. The Hall–Kier alpha value is -1.22. The summed E-state index contributed by atoms with van der Waals surface area (Å²) in [5.41, 5.74) is 0. The number of terminal acetylenes is 1. The van der Waals surface area contributed by atoms with E-state index in [0.29, 0.717) is 13.0 Å². The summed E-state index contributed by atoms with van der Waals surface area (Å²) in [6.45, 7) is 2.57. The fourth-order valence-corrected chi connectivity index (χ4v) is 3.29. The minimum atomic E-state index is -2.96. The maximum Gasteiger partial charge on any atom is 0.318 e. The van der Waals surface area contributed by atoms with Crippen LogP contribution in [0.2, 0.25) is 0 Å². The average molecular weight is 244 g/mol. The van der Waals surface area contributed by atoms with Crippen molar-refractivity contribution in [2.75, 3.05) is 24.6 Å².